The highest BCUT2D eigenvalue weighted by Crippen LogP contribution is 2.41. The molecule has 0 fully saturated rings. The van der Waals surface area contributed by atoms with Gasteiger partial charge in [0.2, 0.25) is 0 Å². The van der Waals surface area contributed by atoms with Gasteiger partial charge in [0, 0.05) is 6.07 Å². The molecule has 0 saturated heterocycles. The SMILES string of the molecule is O=c1cc(OC(F)(F)F)c(C(F)(F)F)c(C(F)F)[nH]1. The number of aromatic amines is 1. The molecule has 0 amide bonds. The molecule has 0 unspecified atom stereocenters. The van der Waals surface area contributed by atoms with Crippen LogP contribution >= 0.6 is 0 Å². The van der Waals surface area contributed by atoms with E-state index in [1.165, 1.54) is 0 Å². The second-order valence-corrected chi connectivity index (χ2v) is 3.13. The number of halogens is 8. The summed E-state index contributed by atoms with van der Waals surface area (Å²) in [6, 6.07) is -0.206. The van der Waals surface area contributed by atoms with Gasteiger partial charge in [0.05, 0.1) is 0 Å². The first-order valence-corrected chi connectivity index (χ1v) is 4.30. The third-order valence-electron chi connectivity index (χ3n) is 1.76. The molecule has 108 valence electrons. The average molecular weight is 297 g/mol. The summed E-state index contributed by atoms with van der Waals surface area (Å²) in [6.45, 7) is 0. The fraction of sp³-hybridized carbons (Fsp3) is 0.375. The van der Waals surface area contributed by atoms with Crippen LogP contribution in [0.1, 0.15) is 17.7 Å². The molecule has 1 N–H and O–H groups in total. The van der Waals surface area contributed by atoms with Gasteiger partial charge >= 0.3 is 12.5 Å². The van der Waals surface area contributed by atoms with Crippen molar-refractivity contribution in [2.75, 3.05) is 0 Å². The van der Waals surface area contributed by atoms with Crippen LogP contribution in [0.2, 0.25) is 0 Å². The van der Waals surface area contributed by atoms with Gasteiger partial charge in [0.15, 0.2) is 0 Å². The zero-order valence-electron chi connectivity index (χ0n) is 8.49. The van der Waals surface area contributed by atoms with Crippen molar-refractivity contribution in [3.8, 4) is 5.75 Å². The van der Waals surface area contributed by atoms with Crippen molar-refractivity contribution >= 4 is 0 Å². The van der Waals surface area contributed by atoms with Crippen molar-refractivity contribution in [2.24, 2.45) is 0 Å². The Hall–Kier alpha value is -1.81. The van der Waals surface area contributed by atoms with Crippen LogP contribution in [0.4, 0.5) is 35.1 Å². The summed E-state index contributed by atoms with van der Waals surface area (Å²) >= 11 is 0. The van der Waals surface area contributed by atoms with Gasteiger partial charge in [-0.15, -0.1) is 13.2 Å². The Labute approximate surface area is 98.3 Å². The van der Waals surface area contributed by atoms with Crippen LogP contribution in [0.15, 0.2) is 10.9 Å². The number of rotatable bonds is 2. The van der Waals surface area contributed by atoms with Crippen molar-refractivity contribution in [2.45, 2.75) is 19.0 Å². The molecule has 0 saturated carbocycles. The summed E-state index contributed by atoms with van der Waals surface area (Å²) in [4.78, 5) is 11.9. The Morgan fingerprint density at radius 1 is 1.11 bits per heavy atom. The predicted molar refractivity (Wildman–Crippen MR) is 43.7 cm³/mol. The molecule has 0 aromatic carbocycles. The van der Waals surface area contributed by atoms with E-state index in [9.17, 15) is 39.9 Å². The van der Waals surface area contributed by atoms with Gasteiger partial charge in [-0.05, 0) is 0 Å². The van der Waals surface area contributed by atoms with Crippen molar-refractivity contribution < 1.29 is 39.9 Å². The first-order valence-electron chi connectivity index (χ1n) is 4.30. The zero-order chi connectivity index (χ0) is 15.0. The maximum atomic E-state index is 12.5. The largest absolute Gasteiger partial charge is 0.573 e. The summed E-state index contributed by atoms with van der Waals surface area (Å²) in [5, 5.41) is 0. The molecule has 1 aromatic heterocycles. The van der Waals surface area contributed by atoms with Gasteiger partial charge in [-0.25, -0.2) is 8.78 Å². The lowest BCUT2D eigenvalue weighted by atomic mass is 10.1. The van der Waals surface area contributed by atoms with Crippen LogP contribution in [0.3, 0.4) is 0 Å². The standard InChI is InChI=1S/C8H3F8NO2/c9-6(10)5-4(7(11,12)13)2(1-3(18)17-5)19-8(14,15)16/h1,6H,(H,17,18). The second-order valence-electron chi connectivity index (χ2n) is 3.13. The minimum Gasteiger partial charge on any atom is -0.405 e. The monoisotopic (exact) mass is 297 g/mol. The van der Waals surface area contributed by atoms with E-state index in [1.54, 1.807) is 0 Å². The third-order valence-corrected chi connectivity index (χ3v) is 1.76. The molecule has 0 aliphatic carbocycles. The maximum Gasteiger partial charge on any atom is 0.573 e. The zero-order valence-corrected chi connectivity index (χ0v) is 8.49. The molecular formula is C8H3F8NO2. The fourth-order valence-electron chi connectivity index (χ4n) is 1.22. The van der Waals surface area contributed by atoms with Crippen molar-refractivity contribution in [3.05, 3.63) is 27.7 Å². The molecule has 0 aliphatic rings. The van der Waals surface area contributed by atoms with Gasteiger partial charge in [0.25, 0.3) is 12.0 Å². The summed E-state index contributed by atoms with van der Waals surface area (Å²) < 4.78 is 101. The lowest BCUT2D eigenvalue weighted by Crippen LogP contribution is -2.24. The molecule has 19 heavy (non-hydrogen) atoms. The topological polar surface area (TPSA) is 42.1 Å². The molecule has 1 heterocycles. The lowest BCUT2D eigenvalue weighted by molar-refractivity contribution is -0.276. The Kier molecular flexibility index (Phi) is 3.77. The minimum absolute atomic E-state index is 0.206. The molecular weight excluding hydrogens is 294 g/mol. The summed E-state index contributed by atoms with van der Waals surface area (Å²) in [7, 11) is 0. The van der Waals surface area contributed by atoms with E-state index in [0.717, 1.165) is 4.98 Å². The third kappa shape index (κ3) is 3.83. The molecule has 0 aliphatic heterocycles. The quantitative estimate of drug-likeness (QED) is 0.852. The highest BCUT2D eigenvalue weighted by Gasteiger charge is 2.43. The van der Waals surface area contributed by atoms with E-state index in [2.05, 4.69) is 4.74 Å². The summed E-state index contributed by atoms with van der Waals surface area (Å²) in [6.07, 6.45) is -15.0. The molecule has 0 bridgehead atoms. The fourth-order valence-corrected chi connectivity index (χ4v) is 1.22. The van der Waals surface area contributed by atoms with Crippen LogP contribution in [0, 0.1) is 0 Å². The lowest BCUT2D eigenvalue weighted by Gasteiger charge is -2.17. The van der Waals surface area contributed by atoms with Gasteiger partial charge in [-0.2, -0.15) is 13.2 Å². The number of alkyl halides is 8. The van der Waals surface area contributed by atoms with Gasteiger partial charge in [0.1, 0.15) is 17.0 Å². The number of aromatic nitrogens is 1. The van der Waals surface area contributed by atoms with E-state index in [4.69, 9.17) is 0 Å². The Morgan fingerprint density at radius 2 is 1.63 bits per heavy atom. The first kappa shape index (κ1) is 15.2. The Morgan fingerprint density at radius 3 is 2.00 bits per heavy atom. The van der Waals surface area contributed by atoms with Crippen LogP contribution in [-0.4, -0.2) is 11.3 Å². The first-order chi connectivity index (χ1) is 8.42. The number of nitrogens with one attached hydrogen (secondary N) is 1. The molecule has 0 atom stereocenters. The highest BCUT2D eigenvalue weighted by atomic mass is 19.4. The van der Waals surface area contributed by atoms with Gasteiger partial charge in [-0.1, -0.05) is 0 Å². The number of ether oxygens (including phenoxy) is 1. The summed E-state index contributed by atoms with van der Waals surface area (Å²) in [5.41, 5.74) is -5.94. The summed E-state index contributed by atoms with van der Waals surface area (Å²) in [5.74, 6) is -2.03. The molecule has 1 rings (SSSR count). The van der Waals surface area contributed by atoms with Crippen LogP contribution in [0.25, 0.3) is 0 Å². The minimum atomic E-state index is -5.56. The average Bonchev–Trinajstić information content (AvgIpc) is 2.10. The second kappa shape index (κ2) is 4.70. The van der Waals surface area contributed by atoms with E-state index < -0.39 is 41.5 Å². The van der Waals surface area contributed by atoms with E-state index in [-0.39, 0.29) is 6.07 Å². The highest BCUT2D eigenvalue weighted by molar-refractivity contribution is 5.39. The molecule has 1 aromatic rings. The Balaban J connectivity index is 3.56. The van der Waals surface area contributed by atoms with Gasteiger partial charge in [-0.3, -0.25) is 4.79 Å². The molecule has 0 radical (unpaired) electrons. The van der Waals surface area contributed by atoms with Crippen molar-refractivity contribution in [3.63, 3.8) is 0 Å². The number of hydrogen-bond acceptors (Lipinski definition) is 2. The normalized spacial score (nSPS) is 12.9. The van der Waals surface area contributed by atoms with Crippen molar-refractivity contribution in [1.29, 1.82) is 0 Å². The van der Waals surface area contributed by atoms with E-state index in [0.29, 0.717) is 0 Å². The van der Waals surface area contributed by atoms with Crippen LogP contribution in [-0.2, 0) is 6.18 Å². The number of hydrogen-bond donors (Lipinski definition) is 1. The molecule has 0 spiro atoms. The number of pyridine rings is 1. The van der Waals surface area contributed by atoms with Gasteiger partial charge < -0.3 is 9.72 Å². The number of H-pyrrole nitrogens is 1. The smallest absolute Gasteiger partial charge is 0.405 e. The van der Waals surface area contributed by atoms with E-state index in [1.807, 2.05) is 0 Å². The Bertz CT molecular complexity index is 515. The molecule has 3 nitrogen and oxygen atoms in total. The van der Waals surface area contributed by atoms with Crippen LogP contribution in [0.5, 0.6) is 5.75 Å². The molecule has 11 heteroatoms. The van der Waals surface area contributed by atoms with E-state index >= 15 is 0 Å². The predicted octanol–water partition coefficient (Wildman–Crippen LogP) is 3.23. The van der Waals surface area contributed by atoms with Crippen molar-refractivity contribution in [1.82, 2.24) is 4.98 Å². The maximum absolute atomic E-state index is 12.5. The van der Waals surface area contributed by atoms with Crippen LogP contribution < -0.4 is 10.3 Å².